The Morgan fingerprint density at radius 1 is 1.47 bits per heavy atom. The molecular weight excluding hydrogens is 254 g/mol. The predicted molar refractivity (Wildman–Crippen MR) is 64.4 cm³/mol. The van der Waals surface area contributed by atoms with E-state index in [-0.39, 0.29) is 31.3 Å². The Bertz CT molecular complexity index is 337. The molecule has 1 fully saturated rings. The van der Waals surface area contributed by atoms with Gasteiger partial charge in [-0.15, -0.1) is 0 Å². The third kappa shape index (κ3) is 5.69. The van der Waals surface area contributed by atoms with E-state index in [0.29, 0.717) is 6.61 Å². The molecule has 1 aliphatic heterocycles. The number of carbonyl (C=O) groups excluding carboxylic acids is 2. The second kappa shape index (κ2) is 7.73. The van der Waals surface area contributed by atoms with E-state index in [4.69, 9.17) is 9.84 Å². The Kier molecular flexibility index (Phi) is 6.27. The molecule has 1 aliphatic rings. The van der Waals surface area contributed by atoms with Crippen LogP contribution >= 0.6 is 0 Å². The zero-order chi connectivity index (χ0) is 14.3. The summed E-state index contributed by atoms with van der Waals surface area (Å²) in [5.74, 6) is -2.03. The molecule has 1 heterocycles. The number of carboxylic acids is 1. The molecular formula is C12H19NO6. The molecule has 0 saturated carbocycles. The number of carboxylic acid groups (broad SMARTS) is 1. The van der Waals surface area contributed by atoms with Crippen LogP contribution in [0.5, 0.6) is 0 Å². The summed E-state index contributed by atoms with van der Waals surface area (Å²) >= 11 is 0. The van der Waals surface area contributed by atoms with E-state index in [1.807, 2.05) is 0 Å². The van der Waals surface area contributed by atoms with Crippen LogP contribution in [0.4, 0.5) is 0 Å². The van der Waals surface area contributed by atoms with E-state index < -0.39 is 18.0 Å². The number of carbonyl (C=O) groups is 3. The van der Waals surface area contributed by atoms with Gasteiger partial charge >= 0.3 is 11.9 Å². The summed E-state index contributed by atoms with van der Waals surface area (Å²) in [5.41, 5.74) is 0. The molecule has 0 aliphatic carbocycles. The first-order valence-corrected chi connectivity index (χ1v) is 6.23. The minimum absolute atomic E-state index is 0.0132. The minimum Gasteiger partial charge on any atom is -0.480 e. The predicted octanol–water partition coefficient (Wildman–Crippen LogP) is 0.0781. The molecule has 0 aromatic heterocycles. The van der Waals surface area contributed by atoms with Gasteiger partial charge < -0.3 is 19.9 Å². The van der Waals surface area contributed by atoms with Crippen molar-refractivity contribution in [2.24, 2.45) is 0 Å². The highest BCUT2D eigenvalue weighted by Crippen LogP contribution is 2.15. The number of hydrogen-bond donors (Lipinski definition) is 2. The van der Waals surface area contributed by atoms with Crippen molar-refractivity contribution in [1.82, 2.24) is 5.32 Å². The lowest BCUT2D eigenvalue weighted by molar-refractivity contribution is -0.144. The quantitative estimate of drug-likeness (QED) is 0.637. The van der Waals surface area contributed by atoms with Gasteiger partial charge in [0.05, 0.1) is 19.6 Å². The van der Waals surface area contributed by atoms with E-state index >= 15 is 0 Å². The summed E-state index contributed by atoms with van der Waals surface area (Å²) < 4.78 is 9.73. The molecule has 1 rings (SSSR count). The molecule has 19 heavy (non-hydrogen) atoms. The van der Waals surface area contributed by atoms with Crippen LogP contribution in [0, 0.1) is 0 Å². The maximum Gasteiger partial charge on any atom is 0.326 e. The van der Waals surface area contributed by atoms with Crippen LogP contribution in [0.2, 0.25) is 0 Å². The van der Waals surface area contributed by atoms with Gasteiger partial charge in [0.1, 0.15) is 6.04 Å². The monoisotopic (exact) mass is 273 g/mol. The van der Waals surface area contributed by atoms with Gasteiger partial charge in [0, 0.05) is 13.0 Å². The first kappa shape index (κ1) is 15.4. The number of amides is 1. The maximum atomic E-state index is 11.7. The molecule has 0 aromatic rings. The lowest BCUT2D eigenvalue weighted by Crippen LogP contribution is -2.42. The van der Waals surface area contributed by atoms with Crippen LogP contribution in [-0.4, -0.2) is 48.8 Å². The molecule has 108 valence electrons. The molecule has 2 N–H and O–H groups in total. The molecule has 0 bridgehead atoms. The summed E-state index contributed by atoms with van der Waals surface area (Å²) in [6, 6.07) is -1.08. The standard InChI is InChI=1S/C12H19NO6/c1-18-11(15)5-4-9(12(16)17)13-10(14)7-8-3-2-6-19-8/h8-9H,2-7H2,1H3,(H,13,14)(H,16,17)/t8?,9-/m0/s1. The second-order valence-corrected chi connectivity index (χ2v) is 4.41. The van der Waals surface area contributed by atoms with Gasteiger partial charge in [0.2, 0.25) is 5.91 Å². The highest BCUT2D eigenvalue weighted by Gasteiger charge is 2.24. The molecule has 0 aromatic carbocycles. The van der Waals surface area contributed by atoms with Gasteiger partial charge in [0.15, 0.2) is 0 Å². The van der Waals surface area contributed by atoms with Crippen molar-refractivity contribution in [1.29, 1.82) is 0 Å². The van der Waals surface area contributed by atoms with Gasteiger partial charge in [-0.3, -0.25) is 9.59 Å². The smallest absolute Gasteiger partial charge is 0.326 e. The Morgan fingerprint density at radius 2 is 2.21 bits per heavy atom. The SMILES string of the molecule is COC(=O)CC[C@H](NC(=O)CC1CCCO1)C(=O)O. The fraction of sp³-hybridized carbons (Fsp3) is 0.750. The summed E-state index contributed by atoms with van der Waals surface area (Å²) in [5, 5.41) is 11.4. The molecule has 1 amide bonds. The van der Waals surface area contributed by atoms with Crippen LogP contribution < -0.4 is 5.32 Å². The fourth-order valence-electron chi connectivity index (χ4n) is 1.89. The Morgan fingerprint density at radius 3 is 2.74 bits per heavy atom. The van der Waals surface area contributed by atoms with Crippen molar-refractivity contribution in [3.63, 3.8) is 0 Å². The van der Waals surface area contributed by atoms with E-state index in [0.717, 1.165) is 12.8 Å². The topological polar surface area (TPSA) is 102 Å². The van der Waals surface area contributed by atoms with Crippen molar-refractivity contribution < 1.29 is 29.0 Å². The highest BCUT2D eigenvalue weighted by atomic mass is 16.5. The molecule has 1 unspecified atom stereocenters. The van der Waals surface area contributed by atoms with Crippen LogP contribution in [0.3, 0.4) is 0 Å². The summed E-state index contributed by atoms with van der Waals surface area (Å²) in [6.07, 6.45) is 1.72. The van der Waals surface area contributed by atoms with Crippen LogP contribution in [0.1, 0.15) is 32.1 Å². The van der Waals surface area contributed by atoms with Gasteiger partial charge in [-0.25, -0.2) is 4.79 Å². The number of hydrogen-bond acceptors (Lipinski definition) is 5. The molecule has 0 radical (unpaired) electrons. The lowest BCUT2D eigenvalue weighted by atomic mass is 10.1. The van der Waals surface area contributed by atoms with Gasteiger partial charge in [-0.2, -0.15) is 0 Å². The van der Waals surface area contributed by atoms with Crippen molar-refractivity contribution >= 4 is 17.8 Å². The molecule has 7 heteroatoms. The summed E-state index contributed by atoms with van der Waals surface area (Å²) in [6.45, 7) is 0.642. The summed E-state index contributed by atoms with van der Waals surface area (Å²) in [4.78, 5) is 33.6. The maximum absolute atomic E-state index is 11.7. The minimum atomic E-state index is -1.16. The molecule has 1 saturated heterocycles. The third-order valence-corrected chi connectivity index (χ3v) is 2.94. The Hall–Kier alpha value is -1.63. The Balaban J connectivity index is 2.36. The van der Waals surface area contributed by atoms with Crippen molar-refractivity contribution in [3.05, 3.63) is 0 Å². The first-order chi connectivity index (χ1) is 9.02. The van der Waals surface area contributed by atoms with Crippen molar-refractivity contribution in [3.8, 4) is 0 Å². The van der Waals surface area contributed by atoms with Crippen LogP contribution in [0.25, 0.3) is 0 Å². The Labute approximate surface area is 111 Å². The lowest BCUT2D eigenvalue weighted by Gasteiger charge is -2.15. The number of nitrogens with one attached hydrogen (secondary N) is 1. The molecule has 0 spiro atoms. The third-order valence-electron chi connectivity index (χ3n) is 2.94. The van der Waals surface area contributed by atoms with Gasteiger partial charge in [-0.05, 0) is 19.3 Å². The molecule has 2 atom stereocenters. The van der Waals surface area contributed by atoms with Crippen LogP contribution in [0.15, 0.2) is 0 Å². The summed E-state index contributed by atoms with van der Waals surface area (Å²) in [7, 11) is 1.23. The number of esters is 1. The van der Waals surface area contributed by atoms with E-state index in [1.165, 1.54) is 7.11 Å². The average molecular weight is 273 g/mol. The van der Waals surface area contributed by atoms with Crippen molar-refractivity contribution in [2.75, 3.05) is 13.7 Å². The molecule has 7 nitrogen and oxygen atoms in total. The number of rotatable bonds is 7. The zero-order valence-electron chi connectivity index (χ0n) is 10.9. The zero-order valence-corrected chi connectivity index (χ0v) is 10.9. The first-order valence-electron chi connectivity index (χ1n) is 6.23. The second-order valence-electron chi connectivity index (χ2n) is 4.41. The van der Waals surface area contributed by atoms with Gasteiger partial charge in [0.25, 0.3) is 0 Å². The van der Waals surface area contributed by atoms with E-state index in [2.05, 4.69) is 10.1 Å². The van der Waals surface area contributed by atoms with E-state index in [1.54, 1.807) is 0 Å². The van der Waals surface area contributed by atoms with Crippen LogP contribution in [-0.2, 0) is 23.9 Å². The van der Waals surface area contributed by atoms with Crippen molar-refractivity contribution in [2.45, 2.75) is 44.2 Å². The fourth-order valence-corrected chi connectivity index (χ4v) is 1.89. The van der Waals surface area contributed by atoms with E-state index in [9.17, 15) is 14.4 Å². The number of methoxy groups -OCH3 is 1. The number of ether oxygens (including phenoxy) is 2. The highest BCUT2D eigenvalue weighted by molar-refractivity contribution is 5.84. The average Bonchev–Trinajstić information content (AvgIpc) is 2.86. The largest absolute Gasteiger partial charge is 0.480 e. The van der Waals surface area contributed by atoms with Gasteiger partial charge in [-0.1, -0.05) is 0 Å². The number of aliphatic carboxylic acids is 1. The normalized spacial score (nSPS) is 19.7.